The minimum Gasteiger partial charge on any atom is -0.341 e. The van der Waals surface area contributed by atoms with Gasteiger partial charge in [-0.05, 0) is 39.8 Å². The number of anilines is 1. The first kappa shape index (κ1) is 13.4. The first-order valence-electron chi connectivity index (χ1n) is 6.55. The van der Waals surface area contributed by atoms with E-state index in [1.54, 1.807) is 0 Å². The van der Waals surface area contributed by atoms with E-state index in [1.807, 2.05) is 32.0 Å². The summed E-state index contributed by atoms with van der Waals surface area (Å²) in [6.45, 7) is 9.78. The van der Waals surface area contributed by atoms with Crippen molar-refractivity contribution in [2.75, 3.05) is 18.0 Å². The lowest BCUT2D eigenvalue weighted by Crippen LogP contribution is -2.25. The Labute approximate surface area is 113 Å². The van der Waals surface area contributed by atoms with Gasteiger partial charge >= 0.3 is 0 Å². The van der Waals surface area contributed by atoms with Gasteiger partial charge < -0.3 is 4.90 Å². The van der Waals surface area contributed by atoms with Crippen molar-refractivity contribution >= 4 is 5.95 Å². The van der Waals surface area contributed by atoms with Crippen molar-refractivity contribution in [1.82, 2.24) is 19.9 Å². The third kappa shape index (κ3) is 3.05. The van der Waals surface area contributed by atoms with Gasteiger partial charge in [-0.15, -0.1) is 0 Å². The van der Waals surface area contributed by atoms with Crippen LogP contribution >= 0.6 is 0 Å². The summed E-state index contributed by atoms with van der Waals surface area (Å²) >= 11 is 0. The Hall–Kier alpha value is -2.04. The van der Waals surface area contributed by atoms with Crippen molar-refractivity contribution in [3.05, 3.63) is 29.7 Å². The summed E-state index contributed by atoms with van der Waals surface area (Å²) in [6, 6.07) is 5.85. The third-order valence-electron chi connectivity index (χ3n) is 2.90. The number of pyridine rings is 1. The van der Waals surface area contributed by atoms with Gasteiger partial charge in [0.2, 0.25) is 5.95 Å². The highest BCUT2D eigenvalue weighted by Crippen LogP contribution is 2.16. The van der Waals surface area contributed by atoms with Gasteiger partial charge in [0.15, 0.2) is 5.82 Å². The van der Waals surface area contributed by atoms with Crippen LogP contribution in [0.3, 0.4) is 0 Å². The average molecular weight is 257 g/mol. The van der Waals surface area contributed by atoms with E-state index in [-0.39, 0.29) is 0 Å². The molecule has 0 fully saturated rings. The summed E-state index contributed by atoms with van der Waals surface area (Å²) < 4.78 is 0. The van der Waals surface area contributed by atoms with E-state index in [2.05, 4.69) is 38.7 Å². The maximum atomic E-state index is 4.53. The second-order valence-corrected chi connectivity index (χ2v) is 4.34. The predicted molar refractivity (Wildman–Crippen MR) is 76.1 cm³/mol. The fourth-order valence-corrected chi connectivity index (χ4v) is 1.90. The number of hydrogen-bond donors (Lipinski definition) is 0. The smallest absolute Gasteiger partial charge is 0.229 e. The van der Waals surface area contributed by atoms with Gasteiger partial charge in [0, 0.05) is 18.8 Å². The largest absolute Gasteiger partial charge is 0.341 e. The van der Waals surface area contributed by atoms with E-state index < -0.39 is 0 Å². The molecule has 100 valence electrons. The van der Waals surface area contributed by atoms with Crippen LogP contribution in [0.25, 0.3) is 11.5 Å². The number of nitrogens with zero attached hydrogens (tertiary/aromatic N) is 5. The SMILES string of the molecule is CCN(CC)c1nc(C)nc(-c2cccc(C)n2)n1. The minimum absolute atomic E-state index is 0.637. The zero-order chi connectivity index (χ0) is 13.8. The summed E-state index contributed by atoms with van der Waals surface area (Å²) in [5.41, 5.74) is 1.75. The second kappa shape index (κ2) is 5.73. The van der Waals surface area contributed by atoms with Gasteiger partial charge in [0.05, 0.1) is 0 Å². The van der Waals surface area contributed by atoms with Crippen LogP contribution < -0.4 is 4.90 Å². The maximum Gasteiger partial charge on any atom is 0.229 e. The Balaban J connectivity index is 2.47. The number of aryl methyl sites for hydroxylation is 2. The Morgan fingerprint density at radius 1 is 0.947 bits per heavy atom. The van der Waals surface area contributed by atoms with Crippen molar-refractivity contribution in [2.45, 2.75) is 27.7 Å². The zero-order valence-corrected chi connectivity index (χ0v) is 11.9. The maximum absolute atomic E-state index is 4.53. The van der Waals surface area contributed by atoms with Crippen LogP contribution in [0.2, 0.25) is 0 Å². The van der Waals surface area contributed by atoms with Crippen LogP contribution in [0.4, 0.5) is 5.95 Å². The molecule has 2 heterocycles. The zero-order valence-electron chi connectivity index (χ0n) is 11.9. The van der Waals surface area contributed by atoms with Gasteiger partial charge in [0.25, 0.3) is 0 Å². The van der Waals surface area contributed by atoms with Crippen LogP contribution in [-0.2, 0) is 0 Å². The number of aromatic nitrogens is 4. The Morgan fingerprint density at radius 2 is 1.68 bits per heavy atom. The molecule has 0 radical (unpaired) electrons. The van der Waals surface area contributed by atoms with Crippen LogP contribution in [0, 0.1) is 13.8 Å². The van der Waals surface area contributed by atoms with Crippen LogP contribution in [0.15, 0.2) is 18.2 Å². The molecule has 2 aromatic heterocycles. The van der Waals surface area contributed by atoms with E-state index in [1.165, 1.54) is 0 Å². The molecule has 0 saturated heterocycles. The third-order valence-corrected chi connectivity index (χ3v) is 2.90. The molecule has 5 nitrogen and oxygen atoms in total. The lowest BCUT2D eigenvalue weighted by Gasteiger charge is -2.18. The fourth-order valence-electron chi connectivity index (χ4n) is 1.90. The topological polar surface area (TPSA) is 54.8 Å². The fraction of sp³-hybridized carbons (Fsp3) is 0.429. The van der Waals surface area contributed by atoms with E-state index >= 15 is 0 Å². The van der Waals surface area contributed by atoms with Crippen molar-refractivity contribution in [2.24, 2.45) is 0 Å². The van der Waals surface area contributed by atoms with Crippen molar-refractivity contribution in [3.8, 4) is 11.5 Å². The van der Waals surface area contributed by atoms with Gasteiger partial charge in [-0.25, -0.2) is 9.97 Å². The average Bonchev–Trinajstić information content (AvgIpc) is 2.39. The summed E-state index contributed by atoms with van der Waals surface area (Å²) in [5.74, 6) is 2.07. The first-order chi connectivity index (χ1) is 9.13. The highest BCUT2D eigenvalue weighted by molar-refractivity contribution is 5.51. The normalized spacial score (nSPS) is 10.5. The van der Waals surface area contributed by atoms with Crippen LogP contribution in [-0.4, -0.2) is 33.0 Å². The quantitative estimate of drug-likeness (QED) is 0.841. The standard InChI is InChI=1S/C14H19N5/c1-5-19(6-2)14-17-11(4)16-13(18-14)12-9-7-8-10(3)15-12/h7-9H,5-6H2,1-4H3. The first-order valence-corrected chi connectivity index (χ1v) is 6.55. The molecule has 2 aromatic rings. The molecule has 0 aliphatic carbocycles. The van der Waals surface area contributed by atoms with Crippen molar-refractivity contribution in [3.63, 3.8) is 0 Å². The molecule has 0 bridgehead atoms. The van der Waals surface area contributed by atoms with Crippen LogP contribution in [0.5, 0.6) is 0 Å². The molecule has 0 saturated carbocycles. The molecule has 0 atom stereocenters. The van der Waals surface area contributed by atoms with Gasteiger partial charge in [-0.3, -0.25) is 0 Å². The summed E-state index contributed by atoms with van der Waals surface area (Å²) in [5, 5.41) is 0. The van der Waals surface area contributed by atoms with Crippen LogP contribution in [0.1, 0.15) is 25.4 Å². The Morgan fingerprint density at radius 3 is 2.32 bits per heavy atom. The van der Waals surface area contributed by atoms with E-state index in [0.717, 1.165) is 36.3 Å². The van der Waals surface area contributed by atoms with E-state index in [4.69, 9.17) is 0 Å². The highest BCUT2D eigenvalue weighted by atomic mass is 15.3. The molecule has 5 heteroatoms. The molecular formula is C14H19N5. The number of hydrogen-bond acceptors (Lipinski definition) is 5. The molecule has 0 N–H and O–H groups in total. The van der Waals surface area contributed by atoms with Crippen molar-refractivity contribution in [1.29, 1.82) is 0 Å². The Bertz CT molecular complexity index is 564. The summed E-state index contributed by atoms with van der Waals surface area (Å²) in [7, 11) is 0. The van der Waals surface area contributed by atoms with E-state index in [9.17, 15) is 0 Å². The minimum atomic E-state index is 0.637. The molecule has 0 aliphatic heterocycles. The van der Waals surface area contributed by atoms with Gasteiger partial charge in [-0.2, -0.15) is 9.97 Å². The van der Waals surface area contributed by atoms with E-state index in [0.29, 0.717) is 5.82 Å². The molecule has 0 spiro atoms. The molecule has 0 aromatic carbocycles. The molecule has 2 rings (SSSR count). The molecule has 19 heavy (non-hydrogen) atoms. The lowest BCUT2D eigenvalue weighted by molar-refractivity contribution is 0.803. The molecule has 0 unspecified atom stereocenters. The molecule has 0 amide bonds. The number of rotatable bonds is 4. The Kier molecular flexibility index (Phi) is 4.04. The summed E-state index contributed by atoms with van der Waals surface area (Å²) in [4.78, 5) is 19.9. The monoisotopic (exact) mass is 257 g/mol. The predicted octanol–water partition coefficient (Wildman–Crippen LogP) is 2.40. The van der Waals surface area contributed by atoms with Crippen molar-refractivity contribution < 1.29 is 0 Å². The molecule has 0 aliphatic rings. The summed E-state index contributed by atoms with van der Waals surface area (Å²) in [6.07, 6.45) is 0. The highest BCUT2D eigenvalue weighted by Gasteiger charge is 2.11. The second-order valence-electron chi connectivity index (χ2n) is 4.34. The molecular weight excluding hydrogens is 238 g/mol. The van der Waals surface area contributed by atoms with Gasteiger partial charge in [-0.1, -0.05) is 6.07 Å². The lowest BCUT2D eigenvalue weighted by atomic mass is 10.3. The van der Waals surface area contributed by atoms with Gasteiger partial charge in [0.1, 0.15) is 11.5 Å².